The van der Waals surface area contributed by atoms with E-state index < -0.39 is 0 Å². The Morgan fingerprint density at radius 3 is 2.28 bits per heavy atom. The number of benzene rings is 2. The number of aromatic hydroxyl groups is 2. The number of nitrogens with one attached hydrogen (secondary N) is 1. The van der Waals surface area contributed by atoms with Gasteiger partial charge in [0.25, 0.3) is 5.91 Å². The van der Waals surface area contributed by atoms with Gasteiger partial charge < -0.3 is 20.4 Å². The maximum atomic E-state index is 13.0. The van der Waals surface area contributed by atoms with E-state index in [1.54, 1.807) is 10.6 Å². The third-order valence-electron chi connectivity index (χ3n) is 8.68. The molecule has 2 amide bonds. The van der Waals surface area contributed by atoms with Crippen LogP contribution in [-0.4, -0.2) is 79.3 Å². The van der Waals surface area contributed by atoms with Gasteiger partial charge >= 0.3 is 0 Å². The number of rotatable bonds is 8. The highest BCUT2D eigenvalue weighted by Gasteiger charge is 2.30. The van der Waals surface area contributed by atoms with E-state index in [4.69, 9.17) is 0 Å². The van der Waals surface area contributed by atoms with Crippen LogP contribution in [0.3, 0.4) is 0 Å². The molecule has 0 bridgehead atoms. The van der Waals surface area contributed by atoms with E-state index in [-0.39, 0.29) is 35.1 Å². The molecule has 3 N–H and O–H groups in total. The van der Waals surface area contributed by atoms with Crippen LogP contribution in [0, 0.1) is 18.8 Å². The van der Waals surface area contributed by atoms with E-state index in [0.29, 0.717) is 41.0 Å². The lowest BCUT2D eigenvalue weighted by molar-refractivity contribution is -0.138. The van der Waals surface area contributed by atoms with Gasteiger partial charge in [0, 0.05) is 43.9 Å². The molecule has 229 valence electrons. The van der Waals surface area contributed by atoms with Crippen molar-refractivity contribution in [3.8, 4) is 28.6 Å². The van der Waals surface area contributed by atoms with Crippen LogP contribution in [0.5, 0.6) is 11.5 Å². The molecule has 2 saturated heterocycles. The first-order chi connectivity index (χ1) is 20.7. The number of nitrogens with zero attached hydrogens (tertiary/aromatic N) is 5. The molecule has 0 unspecified atom stereocenters. The second-order valence-corrected chi connectivity index (χ2v) is 12.1. The molecule has 10 nitrogen and oxygen atoms in total. The molecule has 3 heterocycles. The summed E-state index contributed by atoms with van der Waals surface area (Å²) in [6.45, 7) is 14.5. The van der Waals surface area contributed by atoms with Gasteiger partial charge in [-0.1, -0.05) is 32.9 Å². The molecule has 0 saturated carbocycles. The summed E-state index contributed by atoms with van der Waals surface area (Å²) < 4.78 is 1.64. The van der Waals surface area contributed by atoms with Crippen molar-refractivity contribution in [2.45, 2.75) is 58.9 Å². The Balaban J connectivity index is 1.32. The Labute approximate surface area is 253 Å². The Kier molecular flexibility index (Phi) is 9.34. The van der Waals surface area contributed by atoms with Crippen molar-refractivity contribution in [1.29, 1.82) is 0 Å². The van der Waals surface area contributed by atoms with Gasteiger partial charge in [0.2, 0.25) is 11.7 Å². The third kappa shape index (κ3) is 6.69. The molecule has 3 aromatic rings. The zero-order valence-corrected chi connectivity index (χ0v) is 25.4. The summed E-state index contributed by atoms with van der Waals surface area (Å²) in [6.07, 6.45) is 3.74. The Hall–Kier alpha value is -3.92. The molecule has 2 aliphatic heterocycles. The van der Waals surface area contributed by atoms with Crippen LogP contribution in [0.1, 0.15) is 74.1 Å². The highest BCUT2D eigenvalue weighted by atomic mass is 16.3. The van der Waals surface area contributed by atoms with Crippen LogP contribution < -0.4 is 5.32 Å². The molecular formula is C33H43N6O4. The zero-order chi connectivity index (χ0) is 30.7. The van der Waals surface area contributed by atoms with E-state index in [9.17, 15) is 19.8 Å². The van der Waals surface area contributed by atoms with E-state index >= 15 is 0 Å². The molecule has 43 heavy (non-hydrogen) atoms. The first-order valence-corrected chi connectivity index (χ1v) is 15.4. The summed E-state index contributed by atoms with van der Waals surface area (Å²) in [5, 5.41) is 32.4. The fourth-order valence-electron chi connectivity index (χ4n) is 6.08. The van der Waals surface area contributed by atoms with Crippen molar-refractivity contribution in [3.05, 3.63) is 60.3 Å². The number of likely N-dealkylation sites (tertiary alicyclic amines) is 2. The summed E-state index contributed by atoms with van der Waals surface area (Å²) in [5.41, 5.74) is 2.83. The second-order valence-electron chi connectivity index (χ2n) is 12.1. The lowest BCUT2D eigenvalue weighted by Gasteiger charge is -2.36. The monoisotopic (exact) mass is 587 g/mol. The maximum Gasteiger partial charge on any atom is 0.289 e. The molecule has 0 atom stereocenters. The van der Waals surface area contributed by atoms with Crippen molar-refractivity contribution < 1.29 is 19.8 Å². The average molecular weight is 588 g/mol. The second kappa shape index (κ2) is 13.2. The zero-order valence-electron chi connectivity index (χ0n) is 25.4. The van der Waals surface area contributed by atoms with E-state index in [2.05, 4.69) is 27.3 Å². The maximum absolute atomic E-state index is 13.0. The van der Waals surface area contributed by atoms with Gasteiger partial charge in [0.1, 0.15) is 11.5 Å². The fraction of sp³-hybridized carbons (Fsp3) is 0.485. The predicted octanol–water partition coefficient (Wildman–Crippen LogP) is 4.50. The standard InChI is InChI=1S/C33H43N6O4/c1-5-34-32(42)31-36-35-30(27-18-26(21(2)3)28(40)19-29(27)41)39(31)25-8-6-23(7-9-25)20-37-14-12-24(13-15-37)33(43)38-16-10-22(4)11-17-38/h6-9,18-19,21-22,24,40-41H,4-5,10-17,20H2,1-3H3,(H,34,42). The molecule has 2 aliphatic rings. The van der Waals surface area contributed by atoms with Crippen molar-refractivity contribution in [3.63, 3.8) is 0 Å². The third-order valence-corrected chi connectivity index (χ3v) is 8.68. The van der Waals surface area contributed by atoms with Gasteiger partial charge in [0.15, 0.2) is 5.82 Å². The van der Waals surface area contributed by atoms with E-state index in [1.165, 1.54) is 6.07 Å². The van der Waals surface area contributed by atoms with Crippen LogP contribution in [0.4, 0.5) is 0 Å². The van der Waals surface area contributed by atoms with Gasteiger partial charge in [-0.15, -0.1) is 10.2 Å². The predicted molar refractivity (Wildman–Crippen MR) is 165 cm³/mol. The topological polar surface area (TPSA) is 124 Å². The molecule has 1 aromatic heterocycles. The number of amides is 2. The Morgan fingerprint density at radius 2 is 1.65 bits per heavy atom. The van der Waals surface area contributed by atoms with Crippen LogP contribution in [0.2, 0.25) is 0 Å². The van der Waals surface area contributed by atoms with Crippen molar-refractivity contribution in [1.82, 2.24) is 29.9 Å². The highest BCUT2D eigenvalue weighted by Crippen LogP contribution is 2.38. The quantitative estimate of drug-likeness (QED) is 0.355. The number of phenolic OH excluding ortho intramolecular Hbond substituents is 2. The van der Waals surface area contributed by atoms with E-state index in [0.717, 1.165) is 64.0 Å². The lowest BCUT2D eigenvalue weighted by Crippen LogP contribution is -2.45. The Morgan fingerprint density at radius 1 is 0.977 bits per heavy atom. The normalized spacial score (nSPS) is 17.0. The van der Waals surface area contributed by atoms with Crippen molar-refractivity contribution >= 4 is 11.8 Å². The first-order valence-electron chi connectivity index (χ1n) is 15.4. The number of carbonyl (C=O) groups excluding carboxylic acids is 2. The summed E-state index contributed by atoms with van der Waals surface area (Å²) in [4.78, 5) is 30.4. The summed E-state index contributed by atoms with van der Waals surface area (Å²) >= 11 is 0. The number of hydrogen-bond donors (Lipinski definition) is 3. The molecule has 0 spiro atoms. The molecule has 2 aromatic carbocycles. The summed E-state index contributed by atoms with van der Waals surface area (Å²) in [7, 11) is 0. The van der Waals surface area contributed by atoms with Crippen LogP contribution in [0.15, 0.2) is 36.4 Å². The largest absolute Gasteiger partial charge is 0.508 e. The smallest absolute Gasteiger partial charge is 0.289 e. The van der Waals surface area contributed by atoms with Gasteiger partial charge in [0.05, 0.1) is 5.56 Å². The minimum Gasteiger partial charge on any atom is -0.508 e. The van der Waals surface area contributed by atoms with Gasteiger partial charge in [-0.05, 0) is 86.9 Å². The number of aromatic nitrogens is 3. The molecule has 10 heteroatoms. The number of carbonyl (C=O) groups is 2. The average Bonchev–Trinajstić information content (AvgIpc) is 3.43. The molecule has 2 fully saturated rings. The van der Waals surface area contributed by atoms with Gasteiger partial charge in [-0.2, -0.15) is 0 Å². The Bertz CT molecular complexity index is 1430. The molecular weight excluding hydrogens is 544 g/mol. The van der Waals surface area contributed by atoms with Crippen LogP contribution in [-0.2, 0) is 11.3 Å². The minimum atomic E-state index is -0.374. The minimum absolute atomic E-state index is 0.00250. The van der Waals surface area contributed by atoms with Crippen LogP contribution >= 0.6 is 0 Å². The fourth-order valence-corrected chi connectivity index (χ4v) is 6.08. The van der Waals surface area contributed by atoms with E-state index in [1.807, 2.05) is 49.9 Å². The van der Waals surface area contributed by atoms with Crippen molar-refractivity contribution in [2.75, 3.05) is 32.7 Å². The number of hydrogen-bond acceptors (Lipinski definition) is 7. The summed E-state index contributed by atoms with van der Waals surface area (Å²) in [5.74, 6) is 0.774. The first kappa shape index (κ1) is 30.5. The highest BCUT2D eigenvalue weighted by molar-refractivity contribution is 5.92. The molecule has 0 aliphatic carbocycles. The van der Waals surface area contributed by atoms with Crippen molar-refractivity contribution in [2.24, 2.45) is 11.8 Å². The van der Waals surface area contributed by atoms with Gasteiger partial charge in [-0.3, -0.25) is 19.1 Å². The summed E-state index contributed by atoms with van der Waals surface area (Å²) in [6, 6.07) is 10.9. The number of phenols is 2. The van der Waals surface area contributed by atoms with Gasteiger partial charge in [-0.25, -0.2) is 0 Å². The van der Waals surface area contributed by atoms with Crippen LogP contribution in [0.25, 0.3) is 17.1 Å². The number of piperidine rings is 2. The lowest BCUT2D eigenvalue weighted by atomic mass is 9.92. The molecule has 1 radical (unpaired) electrons. The molecule has 5 rings (SSSR count). The SMILES string of the molecule is [CH2]C1CCN(C(=O)C2CCN(Cc3ccc(-n4c(C(=O)NCC)nnc4-c4cc(C(C)C)c(O)cc4O)cc3)CC2)CC1.